The number of esters is 1. The van der Waals surface area contributed by atoms with Crippen LogP contribution in [-0.4, -0.2) is 39.7 Å². The molecule has 1 aromatic heterocycles. The van der Waals surface area contributed by atoms with E-state index in [1.165, 1.54) is 13.0 Å². The maximum atomic E-state index is 11.5. The summed E-state index contributed by atoms with van der Waals surface area (Å²) in [7, 11) is 0. The maximum absolute atomic E-state index is 11.5. The quantitative estimate of drug-likeness (QED) is 0.453. The van der Waals surface area contributed by atoms with Crippen LogP contribution in [0.25, 0.3) is 10.9 Å². The number of fused-ring (bicyclic) bond motifs is 1. The molecule has 0 saturated heterocycles. The molecule has 0 spiro atoms. The van der Waals surface area contributed by atoms with E-state index in [-0.39, 0.29) is 30.9 Å². The normalized spacial score (nSPS) is 13.3. The zero-order valence-electron chi connectivity index (χ0n) is 13.5. The molecule has 0 aliphatic rings. The second kappa shape index (κ2) is 7.22. The molecule has 128 valence electrons. The van der Waals surface area contributed by atoms with Crippen LogP contribution in [0.15, 0.2) is 30.5 Å². The van der Waals surface area contributed by atoms with E-state index >= 15 is 0 Å². The van der Waals surface area contributed by atoms with E-state index in [0.717, 1.165) is 0 Å². The first-order valence-corrected chi connectivity index (χ1v) is 7.48. The van der Waals surface area contributed by atoms with Crippen molar-refractivity contribution in [2.75, 3.05) is 18.5 Å². The number of aliphatic hydroxyl groups is 1. The van der Waals surface area contributed by atoms with Crippen molar-refractivity contribution in [3.05, 3.63) is 40.6 Å². The molecule has 1 aromatic carbocycles. The van der Waals surface area contributed by atoms with Gasteiger partial charge in [-0.25, -0.2) is 0 Å². The van der Waals surface area contributed by atoms with Gasteiger partial charge >= 0.3 is 11.7 Å². The molecule has 0 saturated carbocycles. The van der Waals surface area contributed by atoms with Crippen molar-refractivity contribution in [1.29, 1.82) is 0 Å². The molecule has 0 fully saturated rings. The molecule has 2 rings (SSSR count). The van der Waals surface area contributed by atoms with E-state index in [2.05, 4.69) is 10.3 Å². The number of anilines is 1. The van der Waals surface area contributed by atoms with Gasteiger partial charge in [0.05, 0.1) is 34.5 Å². The number of nitrogens with zero attached hydrogens (tertiary/aromatic N) is 2. The minimum absolute atomic E-state index is 0.0432. The molecule has 1 atom stereocenters. The predicted octanol–water partition coefficient (Wildman–Crippen LogP) is 2.26. The maximum Gasteiger partial charge on any atom is 0.308 e. The Balaban J connectivity index is 2.22. The molecular weight excluding hydrogens is 314 g/mol. The summed E-state index contributed by atoms with van der Waals surface area (Å²) in [5.74, 6) is -0.526. The summed E-state index contributed by atoms with van der Waals surface area (Å²) < 4.78 is 4.81. The first kappa shape index (κ1) is 17.6. The summed E-state index contributed by atoms with van der Waals surface area (Å²) in [4.78, 5) is 26.5. The Bertz CT molecular complexity index is 760. The van der Waals surface area contributed by atoms with Gasteiger partial charge in [0.2, 0.25) is 0 Å². The van der Waals surface area contributed by atoms with Crippen LogP contribution in [0.4, 0.5) is 11.4 Å². The Morgan fingerprint density at radius 3 is 2.88 bits per heavy atom. The number of nitro groups is 1. The Labute approximate surface area is 138 Å². The first-order chi connectivity index (χ1) is 11.3. The Hall–Kier alpha value is -2.74. The molecule has 1 heterocycles. The SMILES string of the molecule is CCOC(=O)C[C@@](C)(O)CNc1ccc2ncccc2c1[N+](=O)[O-]. The van der Waals surface area contributed by atoms with E-state index in [9.17, 15) is 20.0 Å². The van der Waals surface area contributed by atoms with Crippen LogP contribution in [0.1, 0.15) is 20.3 Å². The van der Waals surface area contributed by atoms with E-state index < -0.39 is 16.5 Å². The average Bonchev–Trinajstić information content (AvgIpc) is 2.51. The highest BCUT2D eigenvalue weighted by Crippen LogP contribution is 2.32. The number of carbonyl (C=O) groups excluding carboxylic acids is 1. The molecule has 0 aliphatic carbocycles. The van der Waals surface area contributed by atoms with Crippen LogP contribution in [0.5, 0.6) is 0 Å². The second-order valence-corrected chi connectivity index (χ2v) is 5.62. The molecule has 0 amide bonds. The summed E-state index contributed by atoms with van der Waals surface area (Å²) >= 11 is 0. The predicted molar refractivity (Wildman–Crippen MR) is 88.8 cm³/mol. The van der Waals surface area contributed by atoms with Gasteiger partial charge in [0.1, 0.15) is 5.69 Å². The van der Waals surface area contributed by atoms with Crippen molar-refractivity contribution in [3.8, 4) is 0 Å². The molecule has 24 heavy (non-hydrogen) atoms. The van der Waals surface area contributed by atoms with Gasteiger partial charge in [-0.15, -0.1) is 0 Å². The number of aromatic nitrogens is 1. The fourth-order valence-corrected chi connectivity index (χ4v) is 2.35. The lowest BCUT2D eigenvalue weighted by Crippen LogP contribution is -2.36. The second-order valence-electron chi connectivity index (χ2n) is 5.62. The van der Waals surface area contributed by atoms with Crippen molar-refractivity contribution in [1.82, 2.24) is 4.98 Å². The van der Waals surface area contributed by atoms with Crippen LogP contribution in [0, 0.1) is 10.1 Å². The fraction of sp³-hybridized carbons (Fsp3) is 0.375. The lowest BCUT2D eigenvalue weighted by molar-refractivity contribution is -0.382. The summed E-state index contributed by atoms with van der Waals surface area (Å²) in [5, 5.41) is 24.9. The first-order valence-electron chi connectivity index (χ1n) is 7.48. The summed E-state index contributed by atoms with van der Waals surface area (Å²) in [5.41, 5.74) is -0.755. The number of hydrogen-bond acceptors (Lipinski definition) is 7. The van der Waals surface area contributed by atoms with E-state index in [4.69, 9.17) is 4.74 Å². The van der Waals surface area contributed by atoms with E-state index in [1.807, 2.05) is 0 Å². The third kappa shape index (κ3) is 4.17. The highest BCUT2D eigenvalue weighted by molar-refractivity contribution is 5.94. The highest BCUT2D eigenvalue weighted by atomic mass is 16.6. The largest absolute Gasteiger partial charge is 0.466 e. The molecule has 0 bridgehead atoms. The number of carbonyl (C=O) groups is 1. The van der Waals surface area contributed by atoms with Crippen LogP contribution in [-0.2, 0) is 9.53 Å². The third-order valence-corrected chi connectivity index (χ3v) is 3.43. The van der Waals surface area contributed by atoms with Crippen LogP contribution in [0.3, 0.4) is 0 Å². The molecule has 0 unspecified atom stereocenters. The Morgan fingerprint density at radius 2 is 2.21 bits per heavy atom. The monoisotopic (exact) mass is 333 g/mol. The van der Waals surface area contributed by atoms with Crippen molar-refractivity contribution in [3.63, 3.8) is 0 Å². The van der Waals surface area contributed by atoms with Gasteiger partial charge in [0.25, 0.3) is 0 Å². The van der Waals surface area contributed by atoms with E-state index in [1.54, 1.807) is 31.3 Å². The van der Waals surface area contributed by atoms with E-state index in [0.29, 0.717) is 10.9 Å². The number of pyridine rings is 1. The fourth-order valence-electron chi connectivity index (χ4n) is 2.35. The highest BCUT2D eigenvalue weighted by Gasteiger charge is 2.27. The number of nitro benzene ring substituents is 1. The van der Waals surface area contributed by atoms with Gasteiger partial charge < -0.3 is 15.2 Å². The van der Waals surface area contributed by atoms with Crippen LogP contribution < -0.4 is 5.32 Å². The van der Waals surface area contributed by atoms with Gasteiger partial charge in [0, 0.05) is 12.7 Å². The number of hydrogen-bond donors (Lipinski definition) is 2. The smallest absolute Gasteiger partial charge is 0.308 e. The van der Waals surface area contributed by atoms with Crippen molar-refractivity contribution in [2.24, 2.45) is 0 Å². The van der Waals surface area contributed by atoms with Gasteiger partial charge in [0.15, 0.2) is 0 Å². The Morgan fingerprint density at radius 1 is 1.46 bits per heavy atom. The zero-order chi connectivity index (χ0) is 17.7. The van der Waals surface area contributed by atoms with Crippen LogP contribution in [0.2, 0.25) is 0 Å². The molecule has 2 N–H and O–H groups in total. The van der Waals surface area contributed by atoms with Gasteiger partial charge in [-0.2, -0.15) is 0 Å². The van der Waals surface area contributed by atoms with Crippen molar-refractivity contribution in [2.45, 2.75) is 25.9 Å². The van der Waals surface area contributed by atoms with Crippen molar-refractivity contribution >= 4 is 28.2 Å². The average molecular weight is 333 g/mol. The van der Waals surface area contributed by atoms with Gasteiger partial charge in [-0.1, -0.05) is 0 Å². The Kier molecular flexibility index (Phi) is 5.30. The molecule has 8 nitrogen and oxygen atoms in total. The summed E-state index contributed by atoms with van der Waals surface area (Å²) in [6.45, 7) is 3.33. The molecule has 0 aliphatic heterocycles. The lowest BCUT2D eigenvalue weighted by Gasteiger charge is -2.23. The van der Waals surface area contributed by atoms with Crippen LogP contribution >= 0.6 is 0 Å². The van der Waals surface area contributed by atoms with Gasteiger partial charge in [-0.3, -0.25) is 19.9 Å². The molecular formula is C16H19N3O5. The molecule has 2 aromatic rings. The van der Waals surface area contributed by atoms with Crippen molar-refractivity contribution < 1.29 is 19.6 Å². The summed E-state index contributed by atoms with van der Waals surface area (Å²) in [6, 6.07) is 6.43. The number of ether oxygens (including phenoxy) is 1. The third-order valence-electron chi connectivity index (χ3n) is 3.43. The zero-order valence-corrected chi connectivity index (χ0v) is 13.5. The number of benzene rings is 1. The lowest BCUT2D eigenvalue weighted by atomic mass is 10.0. The topological polar surface area (TPSA) is 115 Å². The summed E-state index contributed by atoms with van der Waals surface area (Å²) in [6.07, 6.45) is 1.35. The molecule has 0 radical (unpaired) electrons. The van der Waals surface area contributed by atoms with Gasteiger partial charge in [-0.05, 0) is 38.1 Å². The minimum Gasteiger partial charge on any atom is -0.466 e. The standard InChI is InChI=1S/C16H19N3O5/c1-3-24-14(20)9-16(2,21)10-18-13-7-6-12-11(5-4-8-17-12)15(13)19(22)23/h4-8,18,21H,3,9-10H2,1-2H3/t16-/m1/s1. The minimum atomic E-state index is -1.40. The number of rotatable bonds is 7. The number of nitrogens with one attached hydrogen (secondary N) is 1. The molecule has 8 heteroatoms.